The summed E-state index contributed by atoms with van der Waals surface area (Å²) in [6.07, 6.45) is 0. The van der Waals surface area contributed by atoms with Gasteiger partial charge in [0.2, 0.25) is 10.0 Å². The van der Waals surface area contributed by atoms with Gasteiger partial charge in [0.05, 0.1) is 11.5 Å². The Hall–Kier alpha value is -1.97. The number of ether oxygens (including phenoxy) is 1. The fourth-order valence-corrected chi connectivity index (χ4v) is 4.86. The van der Waals surface area contributed by atoms with E-state index in [1.54, 1.807) is 32.9 Å². The van der Waals surface area contributed by atoms with Crippen LogP contribution >= 0.6 is 11.3 Å². The first-order valence-corrected chi connectivity index (χ1v) is 9.86. The first kappa shape index (κ1) is 19.4. The number of hydrogen-bond donors (Lipinski definition) is 1. The number of sulfonamides is 1. The average Bonchev–Trinajstić information content (AvgIpc) is 2.95. The highest BCUT2D eigenvalue weighted by Crippen LogP contribution is 2.29. The number of rotatable bonds is 7. The van der Waals surface area contributed by atoms with Crippen molar-refractivity contribution in [3.8, 4) is 0 Å². The van der Waals surface area contributed by atoms with E-state index in [0.29, 0.717) is 10.3 Å². The number of nitrogens with zero attached hydrogens (tertiary/aromatic N) is 1. The van der Waals surface area contributed by atoms with Crippen molar-refractivity contribution in [3.05, 3.63) is 29.1 Å². The molecular formula is C16H19NO6S2. The van der Waals surface area contributed by atoms with Crippen LogP contribution in [0.1, 0.15) is 30.4 Å². The minimum absolute atomic E-state index is 0.0110. The number of benzene rings is 1. The number of esters is 1. The number of fused-ring (bicyclic) bond motifs is 1. The molecule has 1 aromatic heterocycles. The van der Waals surface area contributed by atoms with E-state index in [1.807, 2.05) is 0 Å². The van der Waals surface area contributed by atoms with Gasteiger partial charge in [-0.25, -0.2) is 13.2 Å². The van der Waals surface area contributed by atoms with Crippen molar-refractivity contribution in [3.63, 3.8) is 0 Å². The molecule has 0 aliphatic heterocycles. The summed E-state index contributed by atoms with van der Waals surface area (Å²) in [6, 6.07) is 5.54. The Labute approximate surface area is 149 Å². The second-order valence-corrected chi connectivity index (χ2v) is 8.54. The zero-order valence-corrected chi connectivity index (χ0v) is 15.7. The van der Waals surface area contributed by atoms with Gasteiger partial charge in [-0.15, -0.1) is 11.3 Å². The predicted molar refractivity (Wildman–Crippen MR) is 94.4 cm³/mol. The lowest BCUT2D eigenvalue weighted by Gasteiger charge is -2.24. The maximum absolute atomic E-state index is 12.8. The topological polar surface area (TPSA) is 101 Å². The Bertz CT molecular complexity index is 900. The van der Waals surface area contributed by atoms with Crippen LogP contribution in [0.3, 0.4) is 0 Å². The summed E-state index contributed by atoms with van der Waals surface area (Å²) in [6.45, 7) is 4.57. The Morgan fingerprint density at radius 2 is 1.96 bits per heavy atom. The van der Waals surface area contributed by atoms with E-state index in [2.05, 4.69) is 0 Å². The van der Waals surface area contributed by atoms with Crippen LogP contribution in [0, 0.1) is 0 Å². The van der Waals surface area contributed by atoms with Gasteiger partial charge in [-0.1, -0.05) is 0 Å². The highest BCUT2D eigenvalue weighted by molar-refractivity contribution is 7.89. The molecule has 0 saturated carbocycles. The molecule has 1 N–H and O–H groups in total. The Morgan fingerprint density at radius 3 is 2.52 bits per heavy atom. The maximum atomic E-state index is 12.8. The molecule has 0 saturated heterocycles. The zero-order valence-electron chi connectivity index (χ0n) is 14.1. The summed E-state index contributed by atoms with van der Waals surface area (Å²) in [7, 11) is -3.97. The first-order chi connectivity index (χ1) is 11.7. The van der Waals surface area contributed by atoms with Crippen molar-refractivity contribution < 1.29 is 27.9 Å². The van der Waals surface area contributed by atoms with E-state index < -0.39 is 34.5 Å². The van der Waals surface area contributed by atoms with Gasteiger partial charge in [0, 0.05) is 10.7 Å². The lowest BCUT2D eigenvalue weighted by atomic mass is 10.2. The molecule has 0 bridgehead atoms. The molecule has 7 nitrogen and oxygen atoms in total. The van der Waals surface area contributed by atoms with Gasteiger partial charge in [-0.3, -0.25) is 4.79 Å². The Morgan fingerprint density at radius 1 is 1.28 bits per heavy atom. The smallest absolute Gasteiger partial charge is 0.348 e. The molecule has 25 heavy (non-hydrogen) atoms. The second kappa shape index (κ2) is 7.51. The largest absolute Gasteiger partial charge is 0.480 e. The van der Waals surface area contributed by atoms with Crippen LogP contribution in [-0.4, -0.2) is 49.0 Å². The van der Waals surface area contributed by atoms with Crippen LogP contribution < -0.4 is 0 Å². The number of carboxylic acid groups (broad SMARTS) is 1. The van der Waals surface area contributed by atoms with Crippen LogP contribution in [0.4, 0.5) is 0 Å². The van der Waals surface area contributed by atoms with Gasteiger partial charge in [-0.2, -0.15) is 4.31 Å². The molecule has 1 aromatic carbocycles. The van der Waals surface area contributed by atoms with E-state index >= 15 is 0 Å². The van der Waals surface area contributed by atoms with Crippen LogP contribution in [0.25, 0.3) is 10.1 Å². The lowest BCUT2D eigenvalue weighted by molar-refractivity contribution is -0.137. The van der Waals surface area contributed by atoms with Crippen molar-refractivity contribution in [1.82, 2.24) is 4.31 Å². The molecule has 2 aromatic rings. The molecule has 0 unspecified atom stereocenters. The third-order valence-corrected chi connectivity index (χ3v) is 6.55. The Balaban J connectivity index is 2.45. The van der Waals surface area contributed by atoms with Crippen LogP contribution in [0.15, 0.2) is 29.2 Å². The molecule has 0 fully saturated rings. The van der Waals surface area contributed by atoms with Gasteiger partial charge in [0.25, 0.3) is 0 Å². The maximum Gasteiger partial charge on any atom is 0.348 e. The van der Waals surface area contributed by atoms with Gasteiger partial charge < -0.3 is 9.84 Å². The van der Waals surface area contributed by atoms with Crippen LogP contribution in [0.5, 0.6) is 0 Å². The highest BCUT2D eigenvalue weighted by atomic mass is 32.2. The fraction of sp³-hybridized carbons (Fsp3) is 0.375. The summed E-state index contributed by atoms with van der Waals surface area (Å²) in [5.41, 5.74) is 0. The molecule has 2 rings (SSSR count). The molecule has 9 heteroatoms. The highest BCUT2D eigenvalue weighted by Gasteiger charge is 2.29. The van der Waals surface area contributed by atoms with Crippen molar-refractivity contribution in [2.24, 2.45) is 0 Å². The minimum Gasteiger partial charge on any atom is -0.480 e. The van der Waals surface area contributed by atoms with Crippen molar-refractivity contribution in [2.75, 3.05) is 13.2 Å². The minimum atomic E-state index is -3.97. The summed E-state index contributed by atoms with van der Waals surface area (Å²) < 4.78 is 32.2. The molecule has 0 aliphatic carbocycles. The molecule has 0 radical (unpaired) electrons. The van der Waals surface area contributed by atoms with E-state index in [9.17, 15) is 18.0 Å². The molecule has 0 atom stereocenters. The zero-order chi connectivity index (χ0) is 18.8. The standard InChI is InChI=1S/C16H19NO6S2/c1-4-23-16(20)14-8-11-7-12(5-6-13(11)24-14)25(21,22)17(10(2)3)9-15(18)19/h5-8,10H,4,9H2,1-3H3,(H,18,19). The normalized spacial score (nSPS) is 12.0. The number of carbonyl (C=O) groups excluding carboxylic acids is 1. The lowest BCUT2D eigenvalue weighted by Crippen LogP contribution is -2.40. The number of thiophene rings is 1. The van der Waals surface area contributed by atoms with Crippen molar-refractivity contribution in [1.29, 1.82) is 0 Å². The summed E-state index contributed by atoms with van der Waals surface area (Å²) >= 11 is 1.21. The van der Waals surface area contributed by atoms with Gasteiger partial charge >= 0.3 is 11.9 Å². The monoisotopic (exact) mass is 385 g/mol. The van der Waals surface area contributed by atoms with E-state index in [1.165, 1.54) is 23.5 Å². The molecule has 1 heterocycles. The van der Waals surface area contributed by atoms with E-state index in [0.717, 1.165) is 9.01 Å². The molecule has 0 spiro atoms. The molecule has 136 valence electrons. The van der Waals surface area contributed by atoms with Crippen molar-refractivity contribution in [2.45, 2.75) is 31.7 Å². The molecule has 0 amide bonds. The Kier molecular flexibility index (Phi) is 5.81. The quantitative estimate of drug-likeness (QED) is 0.735. The van der Waals surface area contributed by atoms with E-state index in [4.69, 9.17) is 9.84 Å². The van der Waals surface area contributed by atoms with Gasteiger partial charge in [0.1, 0.15) is 11.4 Å². The van der Waals surface area contributed by atoms with Crippen molar-refractivity contribution >= 4 is 43.4 Å². The summed E-state index contributed by atoms with van der Waals surface area (Å²) in [5.74, 6) is -1.68. The van der Waals surface area contributed by atoms with Crippen LogP contribution in [0.2, 0.25) is 0 Å². The number of carbonyl (C=O) groups is 2. The molecular weight excluding hydrogens is 366 g/mol. The second-order valence-electron chi connectivity index (χ2n) is 5.57. The van der Waals surface area contributed by atoms with E-state index in [-0.39, 0.29) is 11.5 Å². The number of aliphatic carboxylic acids is 1. The van der Waals surface area contributed by atoms with Crippen LogP contribution in [-0.2, 0) is 19.6 Å². The molecule has 0 aliphatic rings. The third-order valence-electron chi connectivity index (χ3n) is 3.44. The first-order valence-electron chi connectivity index (χ1n) is 7.61. The van der Waals surface area contributed by atoms with Gasteiger partial charge in [0.15, 0.2) is 0 Å². The SMILES string of the molecule is CCOC(=O)c1cc2cc(S(=O)(=O)N(CC(=O)O)C(C)C)ccc2s1. The van der Waals surface area contributed by atoms with Gasteiger partial charge in [-0.05, 0) is 50.4 Å². The fourth-order valence-electron chi connectivity index (χ4n) is 2.30. The summed E-state index contributed by atoms with van der Waals surface area (Å²) in [5, 5.41) is 9.56. The third kappa shape index (κ3) is 4.17. The number of carboxylic acids is 1. The predicted octanol–water partition coefficient (Wildman–Crippen LogP) is 2.56. The summed E-state index contributed by atoms with van der Waals surface area (Å²) in [4.78, 5) is 23.2. The number of hydrogen-bond acceptors (Lipinski definition) is 6. The average molecular weight is 385 g/mol.